The third-order valence-corrected chi connectivity index (χ3v) is 2.77. The Bertz CT molecular complexity index is 126. The molecule has 1 saturated heterocycles. The van der Waals surface area contributed by atoms with Crippen LogP contribution in [0.2, 0.25) is 0 Å². The summed E-state index contributed by atoms with van der Waals surface area (Å²) >= 11 is 0. The van der Waals surface area contributed by atoms with Gasteiger partial charge in [0, 0.05) is 25.1 Å². The van der Waals surface area contributed by atoms with Gasteiger partial charge in [0.1, 0.15) is 0 Å². The van der Waals surface area contributed by atoms with Crippen LogP contribution in [0.15, 0.2) is 0 Å². The minimum Gasteiger partial charge on any atom is -0.396 e. The Kier molecular flexibility index (Phi) is 2.02. The first-order valence-electron chi connectivity index (χ1n) is 3.88. The van der Waals surface area contributed by atoms with Gasteiger partial charge in [0.25, 0.3) is 0 Å². The van der Waals surface area contributed by atoms with Crippen molar-refractivity contribution in [2.45, 2.75) is 13.8 Å². The first-order chi connectivity index (χ1) is 4.58. The molecule has 1 heterocycles. The summed E-state index contributed by atoms with van der Waals surface area (Å²) in [6.45, 7) is 6.83. The van der Waals surface area contributed by atoms with Gasteiger partial charge in [-0.2, -0.15) is 0 Å². The molecule has 2 atom stereocenters. The van der Waals surface area contributed by atoms with E-state index in [9.17, 15) is 0 Å². The lowest BCUT2D eigenvalue weighted by atomic mass is 9.82. The van der Waals surface area contributed by atoms with E-state index in [0.29, 0.717) is 12.5 Å². The van der Waals surface area contributed by atoms with Crippen molar-refractivity contribution < 1.29 is 5.11 Å². The van der Waals surface area contributed by atoms with Crippen LogP contribution in [0.3, 0.4) is 0 Å². The Hall–Kier alpha value is -0.0800. The van der Waals surface area contributed by atoms with Crippen molar-refractivity contribution in [1.82, 2.24) is 4.90 Å². The molecular formula is C8H17NO. The largest absolute Gasteiger partial charge is 0.396 e. The molecule has 0 aromatic rings. The van der Waals surface area contributed by atoms with Crippen molar-refractivity contribution in [3.63, 3.8) is 0 Å². The highest BCUT2D eigenvalue weighted by molar-refractivity contribution is 4.89. The van der Waals surface area contributed by atoms with Crippen LogP contribution < -0.4 is 0 Å². The quantitative estimate of drug-likeness (QED) is 0.580. The SMILES string of the molecule is C[C@H]1CN(C)C[C@]1(C)CO. The standard InChI is InChI=1S/C8H17NO/c1-7-4-9(3)5-8(7,2)6-10/h7,10H,4-6H2,1-3H3/t7-,8+/m0/s1. The Labute approximate surface area is 62.8 Å². The molecule has 0 radical (unpaired) electrons. The molecule has 0 amide bonds. The van der Waals surface area contributed by atoms with Gasteiger partial charge >= 0.3 is 0 Å². The van der Waals surface area contributed by atoms with Crippen molar-refractivity contribution in [2.75, 3.05) is 26.7 Å². The summed E-state index contributed by atoms with van der Waals surface area (Å²) in [5.74, 6) is 0.627. The molecule has 10 heavy (non-hydrogen) atoms. The lowest BCUT2D eigenvalue weighted by Gasteiger charge is -2.24. The Morgan fingerprint density at radius 1 is 1.70 bits per heavy atom. The molecule has 2 nitrogen and oxygen atoms in total. The predicted molar refractivity (Wildman–Crippen MR) is 41.9 cm³/mol. The average Bonchev–Trinajstić information content (AvgIpc) is 2.09. The van der Waals surface area contributed by atoms with E-state index in [4.69, 9.17) is 5.11 Å². The van der Waals surface area contributed by atoms with Crippen LogP contribution in [0.4, 0.5) is 0 Å². The maximum atomic E-state index is 9.09. The van der Waals surface area contributed by atoms with Gasteiger partial charge in [-0.3, -0.25) is 0 Å². The fourth-order valence-electron chi connectivity index (χ4n) is 1.73. The lowest BCUT2D eigenvalue weighted by molar-refractivity contribution is 0.119. The Morgan fingerprint density at radius 2 is 2.30 bits per heavy atom. The molecule has 0 aliphatic carbocycles. The first kappa shape index (κ1) is 8.02. The van der Waals surface area contributed by atoms with E-state index >= 15 is 0 Å². The van der Waals surface area contributed by atoms with Gasteiger partial charge in [-0.15, -0.1) is 0 Å². The second kappa shape index (κ2) is 2.51. The van der Waals surface area contributed by atoms with E-state index in [1.165, 1.54) is 0 Å². The van der Waals surface area contributed by atoms with Crippen LogP contribution in [0, 0.1) is 11.3 Å². The lowest BCUT2D eigenvalue weighted by Crippen LogP contribution is -2.29. The van der Waals surface area contributed by atoms with E-state index in [1.807, 2.05) is 0 Å². The summed E-state index contributed by atoms with van der Waals surface area (Å²) in [6.07, 6.45) is 0. The number of rotatable bonds is 1. The first-order valence-corrected chi connectivity index (χ1v) is 3.88. The van der Waals surface area contributed by atoms with E-state index in [-0.39, 0.29) is 5.41 Å². The molecule has 1 aliphatic heterocycles. The predicted octanol–water partition coefficient (Wildman–Crippen LogP) is 0.567. The summed E-state index contributed by atoms with van der Waals surface area (Å²) in [6, 6.07) is 0. The molecule has 0 saturated carbocycles. The molecule has 60 valence electrons. The molecule has 1 rings (SSSR count). The number of hydrogen-bond acceptors (Lipinski definition) is 2. The molecule has 2 heteroatoms. The van der Waals surface area contributed by atoms with Crippen LogP contribution in [-0.4, -0.2) is 36.8 Å². The minimum absolute atomic E-state index is 0.148. The topological polar surface area (TPSA) is 23.5 Å². The van der Waals surface area contributed by atoms with Crippen molar-refractivity contribution in [3.05, 3.63) is 0 Å². The van der Waals surface area contributed by atoms with E-state index in [2.05, 4.69) is 25.8 Å². The monoisotopic (exact) mass is 143 g/mol. The van der Waals surface area contributed by atoms with Gasteiger partial charge < -0.3 is 10.0 Å². The van der Waals surface area contributed by atoms with Crippen LogP contribution in [0.25, 0.3) is 0 Å². The van der Waals surface area contributed by atoms with Crippen molar-refractivity contribution in [3.8, 4) is 0 Å². The summed E-state index contributed by atoms with van der Waals surface area (Å²) in [5, 5.41) is 9.09. The average molecular weight is 143 g/mol. The van der Waals surface area contributed by atoms with Crippen molar-refractivity contribution >= 4 is 0 Å². The maximum Gasteiger partial charge on any atom is 0.0500 e. The maximum absolute atomic E-state index is 9.09. The van der Waals surface area contributed by atoms with Gasteiger partial charge in [0.15, 0.2) is 0 Å². The van der Waals surface area contributed by atoms with Gasteiger partial charge in [0.05, 0.1) is 0 Å². The smallest absolute Gasteiger partial charge is 0.0500 e. The fourth-order valence-corrected chi connectivity index (χ4v) is 1.73. The third kappa shape index (κ3) is 1.18. The molecular weight excluding hydrogens is 126 g/mol. The zero-order valence-electron chi connectivity index (χ0n) is 7.09. The molecule has 0 aromatic carbocycles. The normalized spacial score (nSPS) is 42.6. The van der Waals surface area contributed by atoms with Crippen LogP contribution in [0.5, 0.6) is 0 Å². The molecule has 0 bridgehead atoms. The van der Waals surface area contributed by atoms with Crippen molar-refractivity contribution in [1.29, 1.82) is 0 Å². The van der Waals surface area contributed by atoms with Crippen LogP contribution in [0.1, 0.15) is 13.8 Å². The van der Waals surface area contributed by atoms with Gasteiger partial charge in [-0.25, -0.2) is 0 Å². The Balaban J connectivity index is 2.61. The van der Waals surface area contributed by atoms with Crippen molar-refractivity contribution in [2.24, 2.45) is 11.3 Å². The third-order valence-electron chi connectivity index (χ3n) is 2.77. The zero-order chi connectivity index (χ0) is 7.78. The number of aliphatic hydroxyl groups is 1. The minimum atomic E-state index is 0.148. The summed E-state index contributed by atoms with van der Waals surface area (Å²) in [5.41, 5.74) is 0.148. The number of likely N-dealkylation sites (tertiary alicyclic amines) is 1. The molecule has 0 spiro atoms. The van der Waals surface area contributed by atoms with Gasteiger partial charge in [-0.05, 0) is 13.0 Å². The van der Waals surface area contributed by atoms with Crippen LogP contribution >= 0.6 is 0 Å². The highest BCUT2D eigenvalue weighted by Gasteiger charge is 2.37. The van der Waals surface area contributed by atoms with E-state index in [0.717, 1.165) is 13.1 Å². The van der Waals surface area contributed by atoms with Gasteiger partial charge in [-0.1, -0.05) is 13.8 Å². The second-order valence-electron chi connectivity index (χ2n) is 3.91. The molecule has 0 unspecified atom stereocenters. The Morgan fingerprint density at radius 3 is 2.50 bits per heavy atom. The summed E-state index contributed by atoms with van der Waals surface area (Å²) in [4.78, 5) is 2.28. The number of nitrogens with zero attached hydrogens (tertiary/aromatic N) is 1. The highest BCUT2D eigenvalue weighted by Crippen LogP contribution is 2.33. The summed E-state index contributed by atoms with van der Waals surface area (Å²) < 4.78 is 0. The van der Waals surface area contributed by atoms with E-state index < -0.39 is 0 Å². The zero-order valence-corrected chi connectivity index (χ0v) is 7.09. The molecule has 0 aromatic heterocycles. The van der Waals surface area contributed by atoms with Gasteiger partial charge in [0.2, 0.25) is 0 Å². The molecule has 1 N–H and O–H groups in total. The van der Waals surface area contributed by atoms with Crippen LogP contribution in [-0.2, 0) is 0 Å². The molecule has 1 aliphatic rings. The number of hydrogen-bond donors (Lipinski definition) is 1. The molecule has 1 fully saturated rings. The second-order valence-corrected chi connectivity index (χ2v) is 3.91. The summed E-state index contributed by atoms with van der Waals surface area (Å²) in [7, 11) is 2.11. The highest BCUT2D eigenvalue weighted by atomic mass is 16.3. The number of aliphatic hydroxyl groups excluding tert-OH is 1. The fraction of sp³-hybridized carbons (Fsp3) is 1.00. The van der Waals surface area contributed by atoms with E-state index in [1.54, 1.807) is 0 Å².